The van der Waals surface area contributed by atoms with Gasteiger partial charge >= 0.3 is 5.97 Å². The summed E-state index contributed by atoms with van der Waals surface area (Å²) in [6, 6.07) is 13.0. The van der Waals surface area contributed by atoms with Crippen molar-refractivity contribution in [1.29, 1.82) is 0 Å². The van der Waals surface area contributed by atoms with Gasteiger partial charge in [0.2, 0.25) is 0 Å². The lowest BCUT2D eigenvalue weighted by Gasteiger charge is -2.02. The number of hydrogen-bond acceptors (Lipinski definition) is 3. The molecule has 0 aromatic heterocycles. The molecular formula is C17H12FIO3. The highest BCUT2D eigenvalue weighted by atomic mass is 127. The van der Waals surface area contributed by atoms with E-state index in [9.17, 15) is 14.0 Å². The molecule has 3 nitrogen and oxygen atoms in total. The summed E-state index contributed by atoms with van der Waals surface area (Å²) in [6.07, 6.45) is 2.41. The zero-order chi connectivity index (χ0) is 15.9. The minimum Gasteiger partial charge on any atom is -0.454 e. The summed E-state index contributed by atoms with van der Waals surface area (Å²) in [7, 11) is 0. The molecule has 0 saturated heterocycles. The average Bonchev–Trinajstić information content (AvgIpc) is 2.52. The number of hydrogen-bond donors (Lipinski definition) is 0. The van der Waals surface area contributed by atoms with Crippen LogP contribution in [0.1, 0.15) is 15.9 Å². The molecule has 0 aliphatic rings. The first-order chi connectivity index (χ1) is 10.6. The lowest BCUT2D eigenvalue weighted by atomic mass is 10.1. The SMILES string of the molecule is O=C(/C=C/c1ccccc1F)OCC(=O)c1ccc(I)cc1. The maximum absolute atomic E-state index is 13.3. The number of Topliss-reactive ketones (excluding diaryl/α,β-unsaturated/α-hetero) is 1. The Bertz CT molecular complexity index is 708. The third kappa shape index (κ3) is 4.77. The number of esters is 1. The molecule has 0 atom stereocenters. The van der Waals surface area contributed by atoms with E-state index in [0.29, 0.717) is 5.56 Å². The Balaban J connectivity index is 1.89. The molecule has 0 unspecified atom stereocenters. The van der Waals surface area contributed by atoms with Crippen LogP contribution in [0.3, 0.4) is 0 Å². The second kappa shape index (κ2) is 7.84. The van der Waals surface area contributed by atoms with Crippen molar-refractivity contribution in [3.05, 3.63) is 75.1 Å². The van der Waals surface area contributed by atoms with Crippen LogP contribution in [-0.4, -0.2) is 18.4 Å². The Kier molecular flexibility index (Phi) is 5.83. The minimum absolute atomic E-state index is 0.281. The summed E-state index contributed by atoms with van der Waals surface area (Å²) in [5.74, 6) is -1.41. The highest BCUT2D eigenvalue weighted by molar-refractivity contribution is 14.1. The van der Waals surface area contributed by atoms with Crippen LogP contribution in [0.4, 0.5) is 4.39 Å². The summed E-state index contributed by atoms with van der Waals surface area (Å²) in [4.78, 5) is 23.4. The Morgan fingerprint density at radius 3 is 2.45 bits per heavy atom. The Hall–Kier alpha value is -2.02. The highest BCUT2D eigenvalue weighted by Crippen LogP contribution is 2.09. The van der Waals surface area contributed by atoms with Gasteiger partial charge in [0.25, 0.3) is 0 Å². The maximum atomic E-state index is 13.3. The molecule has 2 aromatic rings. The number of rotatable bonds is 5. The fourth-order valence-electron chi connectivity index (χ4n) is 1.67. The van der Waals surface area contributed by atoms with Gasteiger partial charge in [0.15, 0.2) is 12.4 Å². The molecule has 0 aliphatic carbocycles. The number of carbonyl (C=O) groups is 2. The van der Waals surface area contributed by atoms with Gasteiger partial charge in [-0.25, -0.2) is 9.18 Å². The molecule has 0 N–H and O–H groups in total. The van der Waals surface area contributed by atoms with E-state index < -0.39 is 11.8 Å². The molecule has 0 aliphatic heterocycles. The van der Waals surface area contributed by atoms with E-state index in [0.717, 1.165) is 9.65 Å². The van der Waals surface area contributed by atoms with Crippen molar-refractivity contribution < 1.29 is 18.7 Å². The van der Waals surface area contributed by atoms with Crippen LogP contribution in [0.5, 0.6) is 0 Å². The second-order valence-corrected chi connectivity index (χ2v) is 5.64. The van der Waals surface area contributed by atoms with Crippen LogP contribution in [0, 0.1) is 9.39 Å². The zero-order valence-electron chi connectivity index (χ0n) is 11.5. The lowest BCUT2D eigenvalue weighted by Crippen LogP contribution is -2.12. The van der Waals surface area contributed by atoms with Gasteiger partial charge in [0.1, 0.15) is 5.82 Å². The molecule has 0 bridgehead atoms. The minimum atomic E-state index is -0.692. The van der Waals surface area contributed by atoms with E-state index in [1.807, 2.05) is 0 Å². The topological polar surface area (TPSA) is 43.4 Å². The summed E-state index contributed by atoms with van der Waals surface area (Å²) in [5.41, 5.74) is 0.759. The van der Waals surface area contributed by atoms with Gasteiger partial charge in [-0.05, 0) is 46.9 Å². The standard InChI is InChI=1S/C17H12FIO3/c18-15-4-2-1-3-12(15)7-10-17(21)22-11-16(20)13-5-8-14(19)9-6-13/h1-10H,11H2/b10-7+. The molecule has 0 spiro atoms. The van der Waals surface area contributed by atoms with E-state index in [1.54, 1.807) is 36.4 Å². The van der Waals surface area contributed by atoms with Crippen LogP contribution in [0.2, 0.25) is 0 Å². The molecule has 0 fully saturated rings. The zero-order valence-corrected chi connectivity index (χ0v) is 13.6. The van der Waals surface area contributed by atoms with Gasteiger partial charge in [-0.2, -0.15) is 0 Å². The molecule has 0 amide bonds. The van der Waals surface area contributed by atoms with Crippen LogP contribution in [0.25, 0.3) is 6.08 Å². The fraction of sp³-hybridized carbons (Fsp3) is 0.0588. The van der Waals surface area contributed by atoms with Gasteiger partial charge in [-0.15, -0.1) is 0 Å². The van der Waals surface area contributed by atoms with Gasteiger partial charge in [0.05, 0.1) is 0 Å². The summed E-state index contributed by atoms with van der Waals surface area (Å²) in [5, 5.41) is 0. The number of ketones is 1. The quantitative estimate of drug-likeness (QED) is 0.326. The smallest absolute Gasteiger partial charge is 0.331 e. The first-order valence-electron chi connectivity index (χ1n) is 6.44. The van der Waals surface area contributed by atoms with Crippen molar-refractivity contribution >= 4 is 40.4 Å². The van der Waals surface area contributed by atoms with Gasteiger partial charge in [-0.3, -0.25) is 4.79 Å². The second-order valence-electron chi connectivity index (χ2n) is 4.39. The Labute approximate surface area is 140 Å². The fourth-order valence-corrected chi connectivity index (χ4v) is 2.03. The summed E-state index contributed by atoms with van der Waals surface area (Å²) in [6.45, 7) is -0.346. The Morgan fingerprint density at radius 2 is 1.77 bits per heavy atom. The van der Waals surface area contributed by atoms with Crippen molar-refractivity contribution in [2.24, 2.45) is 0 Å². The lowest BCUT2D eigenvalue weighted by molar-refractivity contribution is -0.136. The van der Waals surface area contributed by atoms with Crippen molar-refractivity contribution in [3.8, 4) is 0 Å². The third-order valence-corrected chi connectivity index (χ3v) is 3.54. The predicted molar refractivity (Wildman–Crippen MR) is 89.9 cm³/mol. The highest BCUT2D eigenvalue weighted by Gasteiger charge is 2.08. The van der Waals surface area contributed by atoms with Crippen LogP contribution in [0.15, 0.2) is 54.6 Å². The molecule has 22 heavy (non-hydrogen) atoms. The molecule has 0 radical (unpaired) electrons. The van der Waals surface area contributed by atoms with E-state index in [4.69, 9.17) is 4.74 Å². The first-order valence-corrected chi connectivity index (χ1v) is 7.52. The van der Waals surface area contributed by atoms with Crippen LogP contribution >= 0.6 is 22.6 Å². The molecule has 0 saturated carbocycles. The number of carbonyl (C=O) groups excluding carboxylic acids is 2. The van der Waals surface area contributed by atoms with E-state index in [-0.39, 0.29) is 18.0 Å². The maximum Gasteiger partial charge on any atom is 0.331 e. The Morgan fingerprint density at radius 1 is 1.09 bits per heavy atom. The predicted octanol–water partition coefficient (Wildman–Crippen LogP) is 3.87. The van der Waals surface area contributed by atoms with E-state index in [2.05, 4.69) is 22.6 Å². The normalized spacial score (nSPS) is 10.6. The summed E-state index contributed by atoms with van der Waals surface area (Å²) < 4.78 is 19.2. The largest absolute Gasteiger partial charge is 0.454 e. The van der Waals surface area contributed by atoms with Crippen molar-refractivity contribution in [2.45, 2.75) is 0 Å². The van der Waals surface area contributed by atoms with Crippen LogP contribution in [-0.2, 0) is 9.53 Å². The molecule has 2 rings (SSSR count). The first kappa shape index (κ1) is 16.4. The van der Waals surface area contributed by atoms with Crippen LogP contribution < -0.4 is 0 Å². The molecular weight excluding hydrogens is 398 g/mol. The van der Waals surface area contributed by atoms with E-state index >= 15 is 0 Å². The van der Waals surface area contributed by atoms with E-state index in [1.165, 1.54) is 18.2 Å². The number of ether oxygens (including phenoxy) is 1. The molecule has 5 heteroatoms. The van der Waals surface area contributed by atoms with Crippen molar-refractivity contribution in [2.75, 3.05) is 6.61 Å². The third-order valence-electron chi connectivity index (χ3n) is 2.82. The van der Waals surface area contributed by atoms with Gasteiger partial charge < -0.3 is 4.74 Å². The molecule has 2 aromatic carbocycles. The molecule has 112 valence electrons. The monoisotopic (exact) mass is 410 g/mol. The van der Waals surface area contributed by atoms with Gasteiger partial charge in [-0.1, -0.05) is 30.3 Å². The van der Waals surface area contributed by atoms with Gasteiger partial charge in [0, 0.05) is 20.8 Å². The number of benzene rings is 2. The van der Waals surface area contributed by atoms with Crippen molar-refractivity contribution in [3.63, 3.8) is 0 Å². The molecule has 0 heterocycles. The van der Waals surface area contributed by atoms with Crippen molar-refractivity contribution in [1.82, 2.24) is 0 Å². The summed E-state index contributed by atoms with van der Waals surface area (Å²) >= 11 is 2.13. The number of halogens is 2. The average molecular weight is 410 g/mol.